The third-order valence-electron chi connectivity index (χ3n) is 2.37. The van der Waals surface area contributed by atoms with Crippen LogP contribution < -0.4 is 4.72 Å². The van der Waals surface area contributed by atoms with Crippen LogP contribution in [0.1, 0.15) is 11.1 Å². The van der Waals surface area contributed by atoms with Crippen molar-refractivity contribution in [3.05, 3.63) is 53.6 Å². The Labute approximate surface area is 110 Å². The maximum absolute atomic E-state index is 13.6. The lowest BCUT2D eigenvalue weighted by molar-refractivity contribution is 0.590. The van der Waals surface area contributed by atoms with Crippen molar-refractivity contribution < 1.29 is 12.8 Å². The first kappa shape index (κ1) is 13.4. The Morgan fingerprint density at radius 2 is 1.95 bits per heavy atom. The van der Waals surface area contributed by atoms with E-state index >= 15 is 0 Å². The number of anilines is 1. The molecule has 0 unspecified atom stereocenters. The van der Waals surface area contributed by atoms with Crippen LogP contribution in [0.3, 0.4) is 0 Å². The Morgan fingerprint density at radius 3 is 2.58 bits per heavy atom. The molecule has 2 aromatic rings. The monoisotopic (exact) mass is 281 g/mol. The summed E-state index contributed by atoms with van der Waals surface area (Å²) in [6.45, 7) is 1.73. The number of nitrogens with one attached hydrogen (secondary N) is 1. The van der Waals surface area contributed by atoms with Gasteiger partial charge in [-0.05, 0) is 24.6 Å². The zero-order valence-corrected chi connectivity index (χ0v) is 11.0. The summed E-state index contributed by atoms with van der Waals surface area (Å²) >= 11 is 0. The summed E-state index contributed by atoms with van der Waals surface area (Å²) in [4.78, 5) is 7.49. The smallest absolute Gasteiger partial charge is 0.239 e. The zero-order valence-electron chi connectivity index (χ0n) is 10.2. The minimum absolute atomic E-state index is 0.0324. The van der Waals surface area contributed by atoms with Crippen LogP contribution in [0.25, 0.3) is 0 Å². The van der Waals surface area contributed by atoms with Crippen LogP contribution in [-0.2, 0) is 15.8 Å². The SMILES string of the molecule is Cc1ccc(CS(=O)(=O)Nc2ncccn2)c(F)c1. The van der Waals surface area contributed by atoms with Gasteiger partial charge in [0.2, 0.25) is 16.0 Å². The van der Waals surface area contributed by atoms with Gasteiger partial charge in [-0.2, -0.15) is 0 Å². The van der Waals surface area contributed by atoms with E-state index in [0.29, 0.717) is 0 Å². The molecule has 0 atom stereocenters. The Bertz CT molecular complexity index is 675. The minimum atomic E-state index is -3.74. The fourth-order valence-corrected chi connectivity index (χ4v) is 2.60. The number of halogens is 1. The molecule has 0 aliphatic rings. The largest absolute Gasteiger partial charge is 0.251 e. The first-order chi connectivity index (χ1) is 8.96. The summed E-state index contributed by atoms with van der Waals surface area (Å²) < 4.78 is 39.5. The molecule has 100 valence electrons. The summed E-state index contributed by atoms with van der Waals surface area (Å²) in [5.41, 5.74) is 0.840. The Balaban J connectivity index is 2.17. The fraction of sp³-hybridized carbons (Fsp3) is 0.167. The van der Waals surface area contributed by atoms with Gasteiger partial charge in [0.15, 0.2) is 0 Å². The molecule has 0 amide bonds. The molecular weight excluding hydrogens is 269 g/mol. The maximum atomic E-state index is 13.6. The number of hydrogen-bond acceptors (Lipinski definition) is 4. The Kier molecular flexibility index (Phi) is 3.75. The molecule has 5 nitrogen and oxygen atoms in total. The van der Waals surface area contributed by atoms with Crippen LogP contribution in [0.15, 0.2) is 36.7 Å². The predicted molar refractivity (Wildman–Crippen MR) is 69.4 cm³/mol. The highest BCUT2D eigenvalue weighted by molar-refractivity contribution is 7.91. The molecule has 0 fully saturated rings. The molecule has 1 aromatic carbocycles. The summed E-state index contributed by atoms with van der Waals surface area (Å²) in [5.74, 6) is -1.04. The van der Waals surface area contributed by atoms with E-state index in [1.165, 1.54) is 24.5 Å². The van der Waals surface area contributed by atoms with Crippen LogP contribution in [0, 0.1) is 12.7 Å². The molecule has 7 heteroatoms. The standard InChI is InChI=1S/C12H12FN3O2S/c1-9-3-4-10(11(13)7-9)8-19(17,18)16-12-14-5-2-6-15-12/h2-7H,8H2,1H3,(H,14,15,16). The summed E-state index contributed by atoms with van der Waals surface area (Å²) in [5, 5.41) is 0. The van der Waals surface area contributed by atoms with Crippen molar-refractivity contribution in [1.82, 2.24) is 9.97 Å². The average Bonchev–Trinajstić information content (AvgIpc) is 2.33. The van der Waals surface area contributed by atoms with E-state index < -0.39 is 21.6 Å². The summed E-state index contributed by atoms with van der Waals surface area (Å²) in [6, 6.07) is 5.98. The van der Waals surface area contributed by atoms with Crippen LogP contribution in [0.4, 0.5) is 10.3 Å². The lowest BCUT2D eigenvalue weighted by atomic mass is 10.2. The molecule has 0 saturated heterocycles. The van der Waals surface area contributed by atoms with E-state index in [-0.39, 0.29) is 11.5 Å². The van der Waals surface area contributed by atoms with Gasteiger partial charge in [0.1, 0.15) is 5.82 Å². The van der Waals surface area contributed by atoms with Crippen LogP contribution in [0.5, 0.6) is 0 Å². The number of hydrogen-bond donors (Lipinski definition) is 1. The third-order valence-corrected chi connectivity index (χ3v) is 3.55. The molecule has 1 N–H and O–H groups in total. The third kappa shape index (κ3) is 3.72. The van der Waals surface area contributed by atoms with Gasteiger partial charge in [-0.25, -0.2) is 22.8 Å². The molecular formula is C12H12FN3O2S. The van der Waals surface area contributed by atoms with E-state index in [4.69, 9.17) is 0 Å². The van der Waals surface area contributed by atoms with E-state index in [9.17, 15) is 12.8 Å². The van der Waals surface area contributed by atoms with Gasteiger partial charge in [0, 0.05) is 18.0 Å². The second kappa shape index (κ2) is 5.31. The molecule has 19 heavy (non-hydrogen) atoms. The van der Waals surface area contributed by atoms with E-state index in [1.807, 2.05) is 0 Å². The summed E-state index contributed by atoms with van der Waals surface area (Å²) in [6.07, 6.45) is 2.83. The normalized spacial score (nSPS) is 11.3. The topological polar surface area (TPSA) is 72.0 Å². The number of benzene rings is 1. The van der Waals surface area contributed by atoms with Crippen molar-refractivity contribution in [3.63, 3.8) is 0 Å². The number of rotatable bonds is 4. The van der Waals surface area contributed by atoms with Gasteiger partial charge in [-0.3, -0.25) is 4.72 Å². The molecule has 0 aliphatic carbocycles. The zero-order chi connectivity index (χ0) is 13.9. The highest BCUT2D eigenvalue weighted by Gasteiger charge is 2.15. The highest BCUT2D eigenvalue weighted by atomic mass is 32.2. The number of aryl methyl sites for hydroxylation is 1. The van der Waals surface area contributed by atoms with Crippen LogP contribution in [-0.4, -0.2) is 18.4 Å². The van der Waals surface area contributed by atoms with Gasteiger partial charge in [-0.1, -0.05) is 12.1 Å². The number of sulfonamides is 1. The van der Waals surface area contributed by atoms with Crippen molar-refractivity contribution in [3.8, 4) is 0 Å². The van der Waals surface area contributed by atoms with Crippen LogP contribution >= 0.6 is 0 Å². The average molecular weight is 281 g/mol. The molecule has 1 aromatic heterocycles. The Morgan fingerprint density at radius 1 is 1.26 bits per heavy atom. The van der Waals surface area contributed by atoms with Gasteiger partial charge >= 0.3 is 0 Å². The quantitative estimate of drug-likeness (QED) is 0.928. The molecule has 0 radical (unpaired) electrons. The second-order valence-electron chi connectivity index (χ2n) is 4.03. The molecule has 0 bridgehead atoms. The Hall–Kier alpha value is -2.02. The minimum Gasteiger partial charge on any atom is -0.251 e. The van der Waals surface area contributed by atoms with E-state index in [0.717, 1.165) is 5.56 Å². The predicted octanol–water partition coefficient (Wildman–Crippen LogP) is 1.87. The first-order valence-electron chi connectivity index (χ1n) is 5.49. The summed E-state index contributed by atoms with van der Waals surface area (Å²) in [7, 11) is -3.74. The van der Waals surface area contributed by atoms with Crippen molar-refractivity contribution in [2.24, 2.45) is 0 Å². The van der Waals surface area contributed by atoms with Gasteiger partial charge < -0.3 is 0 Å². The molecule has 0 saturated carbocycles. The van der Waals surface area contributed by atoms with Crippen molar-refractivity contribution in [2.45, 2.75) is 12.7 Å². The molecule has 0 aliphatic heterocycles. The van der Waals surface area contributed by atoms with Gasteiger partial charge in [0.25, 0.3) is 0 Å². The van der Waals surface area contributed by atoms with Gasteiger partial charge in [-0.15, -0.1) is 0 Å². The molecule has 2 rings (SSSR count). The van der Waals surface area contributed by atoms with Crippen LogP contribution in [0.2, 0.25) is 0 Å². The van der Waals surface area contributed by atoms with Gasteiger partial charge in [0.05, 0.1) is 5.75 Å². The number of aromatic nitrogens is 2. The fourth-order valence-electron chi connectivity index (χ4n) is 1.50. The maximum Gasteiger partial charge on any atom is 0.239 e. The first-order valence-corrected chi connectivity index (χ1v) is 7.14. The number of nitrogens with zero attached hydrogens (tertiary/aromatic N) is 2. The van der Waals surface area contributed by atoms with Crippen molar-refractivity contribution >= 4 is 16.0 Å². The highest BCUT2D eigenvalue weighted by Crippen LogP contribution is 2.14. The lowest BCUT2D eigenvalue weighted by Gasteiger charge is -2.07. The molecule has 1 heterocycles. The van der Waals surface area contributed by atoms with Crippen molar-refractivity contribution in [1.29, 1.82) is 0 Å². The van der Waals surface area contributed by atoms with E-state index in [2.05, 4.69) is 14.7 Å². The second-order valence-corrected chi connectivity index (χ2v) is 5.75. The lowest BCUT2D eigenvalue weighted by Crippen LogP contribution is -2.17. The molecule has 0 spiro atoms. The van der Waals surface area contributed by atoms with E-state index in [1.54, 1.807) is 19.1 Å². The van der Waals surface area contributed by atoms with Crippen molar-refractivity contribution in [2.75, 3.05) is 4.72 Å².